The number of aromatic nitrogens is 1. The zero-order valence-corrected chi connectivity index (χ0v) is 12.5. The van der Waals surface area contributed by atoms with E-state index in [0.29, 0.717) is 12.4 Å². The molecule has 0 radical (unpaired) electrons. The summed E-state index contributed by atoms with van der Waals surface area (Å²) in [5.74, 6) is 0.244. The maximum absolute atomic E-state index is 13.1. The SMILES string of the molecule is CC(c1nc(CCl)cs1)N(C)Cc1cccc(F)c1. The van der Waals surface area contributed by atoms with Gasteiger partial charge in [-0.2, -0.15) is 0 Å². The van der Waals surface area contributed by atoms with Crippen LogP contribution in [0, 0.1) is 5.82 Å². The second kappa shape index (κ2) is 6.46. The fourth-order valence-corrected chi connectivity index (χ4v) is 2.99. The Morgan fingerprint density at radius 1 is 1.47 bits per heavy atom. The normalized spacial score (nSPS) is 12.9. The maximum atomic E-state index is 13.1. The van der Waals surface area contributed by atoms with Crippen molar-refractivity contribution in [2.24, 2.45) is 0 Å². The molecule has 0 saturated heterocycles. The molecule has 0 spiro atoms. The second-order valence-electron chi connectivity index (χ2n) is 4.53. The first-order valence-electron chi connectivity index (χ1n) is 6.05. The molecule has 2 aromatic rings. The minimum Gasteiger partial charge on any atom is -0.293 e. The lowest BCUT2D eigenvalue weighted by atomic mass is 10.2. The van der Waals surface area contributed by atoms with Gasteiger partial charge in [0.05, 0.1) is 17.6 Å². The van der Waals surface area contributed by atoms with Gasteiger partial charge in [-0.05, 0) is 31.7 Å². The molecular formula is C14H16ClFN2S. The molecule has 1 unspecified atom stereocenters. The van der Waals surface area contributed by atoms with Crippen molar-refractivity contribution in [3.05, 3.63) is 51.7 Å². The summed E-state index contributed by atoms with van der Waals surface area (Å²) in [5.41, 5.74) is 1.87. The average Bonchev–Trinajstić information content (AvgIpc) is 2.86. The van der Waals surface area contributed by atoms with E-state index in [-0.39, 0.29) is 11.9 Å². The van der Waals surface area contributed by atoms with Crippen LogP contribution in [0.5, 0.6) is 0 Å². The van der Waals surface area contributed by atoms with Crippen molar-refractivity contribution >= 4 is 22.9 Å². The summed E-state index contributed by atoms with van der Waals surface area (Å²) in [4.78, 5) is 6.62. The molecule has 0 fully saturated rings. The molecule has 0 amide bonds. The van der Waals surface area contributed by atoms with E-state index in [0.717, 1.165) is 16.3 Å². The van der Waals surface area contributed by atoms with E-state index in [2.05, 4.69) is 16.8 Å². The fraction of sp³-hybridized carbons (Fsp3) is 0.357. The van der Waals surface area contributed by atoms with Crippen LogP contribution in [0.2, 0.25) is 0 Å². The van der Waals surface area contributed by atoms with Gasteiger partial charge in [0.1, 0.15) is 10.8 Å². The third kappa shape index (κ3) is 3.75. The van der Waals surface area contributed by atoms with Crippen molar-refractivity contribution < 1.29 is 4.39 Å². The van der Waals surface area contributed by atoms with Crippen LogP contribution >= 0.6 is 22.9 Å². The van der Waals surface area contributed by atoms with Crippen molar-refractivity contribution in [2.75, 3.05) is 7.05 Å². The van der Waals surface area contributed by atoms with E-state index >= 15 is 0 Å². The first-order chi connectivity index (χ1) is 9.10. The number of hydrogen-bond acceptors (Lipinski definition) is 3. The smallest absolute Gasteiger partial charge is 0.123 e. The molecule has 0 N–H and O–H groups in total. The molecule has 0 aliphatic heterocycles. The van der Waals surface area contributed by atoms with Crippen LogP contribution in [0.15, 0.2) is 29.6 Å². The van der Waals surface area contributed by atoms with Gasteiger partial charge in [-0.3, -0.25) is 4.90 Å². The zero-order chi connectivity index (χ0) is 13.8. The number of hydrogen-bond donors (Lipinski definition) is 0. The number of nitrogens with zero attached hydrogens (tertiary/aromatic N) is 2. The number of thiazole rings is 1. The molecule has 2 rings (SSSR count). The largest absolute Gasteiger partial charge is 0.293 e. The third-order valence-electron chi connectivity index (χ3n) is 3.05. The van der Waals surface area contributed by atoms with Crippen LogP contribution in [0.25, 0.3) is 0 Å². The van der Waals surface area contributed by atoms with Gasteiger partial charge in [0.25, 0.3) is 0 Å². The summed E-state index contributed by atoms with van der Waals surface area (Å²) in [5, 5.41) is 3.02. The molecular weight excluding hydrogens is 283 g/mol. The van der Waals surface area contributed by atoms with Crippen LogP contribution in [0.1, 0.15) is 29.2 Å². The molecule has 19 heavy (non-hydrogen) atoms. The van der Waals surface area contributed by atoms with Crippen molar-refractivity contribution in [3.63, 3.8) is 0 Å². The Balaban J connectivity index is 2.04. The number of benzene rings is 1. The van der Waals surface area contributed by atoms with Crippen molar-refractivity contribution in [1.82, 2.24) is 9.88 Å². The number of alkyl halides is 1. The highest BCUT2D eigenvalue weighted by atomic mass is 35.5. The quantitative estimate of drug-likeness (QED) is 0.769. The topological polar surface area (TPSA) is 16.1 Å². The van der Waals surface area contributed by atoms with Gasteiger partial charge < -0.3 is 0 Å². The van der Waals surface area contributed by atoms with E-state index < -0.39 is 0 Å². The Labute approximate surface area is 121 Å². The summed E-state index contributed by atoms with van der Waals surface area (Å²) >= 11 is 7.37. The first-order valence-corrected chi connectivity index (χ1v) is 7.46. The van der Waals surface area contributed by atoms with Crippen LogP contribution in [-0.4, -0.2) is 16.9 Å². The maximum Gasteiger partial charge on any atom is 0.123 e. The van der Waals surface area contributed by atoms with E-state index in [1.54, 1.807) is 23.5 Å². The van der Waals surface area contributed by atoms with Crippen LogP contribution in [-0.2, 0) is 12.4 Å². The van der Waals surface area contributed by atoms with Gasteiger partial charge in [0.15, 0.2) is 0 Å². The second-order valence-corrected chi connectivity index (χ2v) is 5.69. The molecule has 0 aliphatic carbocycles. The summed E-state index contributed by atoms with van der Waals surface area (Å²) in [7, 11) is 2.01. The lowest BCUT2D eigenvalue weighted by Crippen LogP contribution is -2.21. The Morgan fingerprint density at radius 2 is 2.26 bits per heavy atom. The van der Waals surface area contributed by atoms with Crippen LogP contribution in [0.4, 0.5) is 4.39 Å². The van der Waals surface area contributed by atoms with Gasteiger partial charge in [0, 0.05) is 11.9 Å². The van der Waals surface area contributed by atoms with Gasteiger partial charge >= 0.3 is 0 Å². The standard InChI is InChI=1S/C14H16ClFN2S/c1-10(14-17-13(7-15)9-19-14)18(2)8-11-4-3-5-12(16)6-11/h3-6,9-10H,7-8H2,1-2H3. The van der Waals surface area contributed by atoms with Crippen LogP contribution in [0.3, 0.4) is 0 Å². The molecule has 5 heteroatoms. The average molecular weight is 299 g/mol. The van der Waals surface area contributed by atoms with Crippen LogP contribution < -0.4 is 0 Å². The summed E-state index contributed by atoms with van der Waals surface area (Å²) in [6, 6.07) is 6.87. The monoisotopic (exact) mass is 298 g/mol. The van der Waals surface area contributed by atoms with Gasteiger partial charge in [0.2, 0.25) is 0 Å². The predicted octanol–water partition coefficient (Wildman–Crippen LogP) is 4.21. The fourth-order valence-electron chi connectivity index (χ4n) is 1.82. The molecule has 0 saturated carbocycles. The Kier molecular flexibility index (Phi) is 4.91. The third-order valence-corrected chi connectivity index (χ3v) is 4.38. The Hall–Kier alpha value is -0.970. The molecule has 102 valence electrons. The zero-order valence-electron chi connectivity index (χ0n) is 10.9. The van der Waals surface area contributed by atoms with E-state index in [4.69, 9.17) is 11.6 Å². The van der Waals surface area contributed by atoms with E-state index in [9.17, 15) is 4.39 Å². The van der Waals surface area contributed by atoms with E-state index in [1.807, 2.05) is 18.5 Å². The Bertz CT molecular complexity index is 544. The Morgan fingerprint density at radius 3 is 2.89 bits per heavy atom. The molecule has 0 bridgehead atoms. The lowest BCUT2D eigenvalue weighted by molar-refractivity contribution is 0.252. The summed E-state index contributed by atoms with van der Waals surface area (Å²) < 4.78 is 13.1. The molecule has 1 aromatic carbocycles. The molecule has 0 aliphatic rings. The minimum atomic E-state index is -0.197. The predicted molar refractivity (Wildman–Crippen MR) is 78.0 cm³/mol. The van der Waals surface area contributed by atoms with Crippen molar-refractivity contribution in [2.45, 2.75) is 25.4 Å². The van der Waals surface area contributed by atoms with Crippen molar-refractivity contribution in [3.8, 4) is 0 Å². The minimum absolute atomic E-state index is 0.185. The molecule has 1 aromatic heterocycles. The highest BCUT2D eigenvalue weighted by Crippen LogP contribution is 2.24. The van der Waals surface area contributed by atoms with E-state index in [1.165, 1.54) is 6.07 Å². The number of rotatable bonds is 5. The van der Waals surface area contributed by atoms with Gasteiger partial charge in [-0.1, -0.05) is 12.1 Å². The van der Waals surface area contributed by atoms with Crippen molar-refractivity contribution in [1.29, 1.82) is 0 Å². The summed E-state index contributed by atoms with van der Waals surface area (Å²) in [6.07, 6.45) is 0. The highest BCUT2D eigenvalue weighted by molar-refractivity contribution is 7.09. The van der Waals surface area contributed by atoms with Gasteiger partial charge in [-0.25, -0.2) is 9.37 Å². The first kappa shape index (κ1) is 14.4. The molecule has 1 atom stereocenters. The highest BCUT2D eigenvalue weighted by Gasteiger charge is 2.15. The summed E-state index contributed by atoms with van der Waals surface area (Å²) in [6.45, 7) is 2.78. The lowest BCUT2D eigenvalue weighted by Gasteiger charge is -2.23. The molecule has 1 heterocycles. The molecule has 2 nitrogen and oxygen atoms in total. The van der Waals surface area contributed by atoms with Gasteiger partial charge in [-0.15, -0.1) is 22.9 Å². The number of halogens is 2.